The van der Waals surface area contributed by atoms with Crippen LogP contribution >= 0.6 is 11.3 Å². The Morgan fingerprint density at radius 3 is 3.00 bits per heavy atom. The molecule has 1 saturated heterocycles. The molecule has 2 heterocycles. The first-order valence-electron chi connectivity index (χ1n) is 5.19. The third-order valence-electron chi connectivity index (χ3n) is 2.94. The molecule has 1 aromatic carbocycles. The molecule has 3 rings (SSSR count). The van der Waals surface area contributed by atoms with Gasteiger partial charge in [0.2, 0.25) is 0 Å². The highest BCUT2D eigenvalue weighted by molar-refractivity contribution is 7.17. The van der Waals surface area contributed by atoms with Gasteiger partial charge < -0.3 is 10.4 Å². The first kappa shape index (κ1) is 9.81. The van der Waals surface area contributed by atoms with Gasteiger partial charge in [0.1, 0.15) is 0 Å². The van der Waals surface area contributed by atoms with Gasteiger partial charge in [-0.1, -0.05) is 6.07 Å². The van der Waals surface area contributed by atoms with Crippen molar-refractivity contribution in [2.75, 3.05) is 6.54 Å². The minimum absolute atomic E-state index is 0.105. The predicted molar refractivity (Wildman–Crippen MR) is 64.0 cm³/mol. The Kier molecular flexibility index (Phi) is 2.19. The van der Waals surface area contributed by atoms with Gasteiger partial charge in [-0.25, -0.2) is 0 Å². The number of benzene rings is 1. The van der Waals surface area contributed by atoms with E-state index in [1.54, 1.807) is 11.3 Å². The lowest BCUT2D eigenvalue weighted by Gasteiger charge is -2.10. The molecule has 1 aromatic heterocycles. The van der Waals surface area contributed by atoms with Crippen molar-refractivity contribution in [1.29, 1.82) is 0 Å². The van der Waals surface area contributed by atoms with E-state index < -0.39 is 11.9 Å². The van der Waals surface area contributed by atoms with Gasteiger partial charge in [0, 0.05) is 17.3 Å². The summed E-state index contributed by atoms with van der Waals surface area (Å²) in [6.45, 7) is 0.804. The van der Waals surface area contributed by atoms with Crippen LogP contribution in [0.15, 0.2) is 29.6 Å². The van der Waals surface area contributed by atoms with Gasteiger partial charge >= 0.3 is 5.97 Å². The zero-order chi connectivity index (χ0) is 11.1. The van der Waals surface area contributed by atoms with Crippen molar-refractivity contribution >= 4 is 27.4 Å². The summed E-state index contributed by atoms with van der Waals surface area (Å²) in [5, 5.41) is 15.5. The maximum Gasteiger partial charge on any atom is 0.312 e. The number of carboxylic acids is 1. The summed E-state index contributed by atoms with van der Waals surface area (Å²) in [5.41, 5.74) is 0.897. The fourth-order valence-electron chi connectivity index (χ4n) is 2.03. The molecule has 0 saturated carbocycles. The second-order valence-corrected chi connectivity index (χ2v) is 5.00. The van der Waals surface area contributed by atoms with Crippen molar-refractivity contribution in [3.63, 3.8) is 0 Å². The molecule has 2 N–H and O–H groups in total. The molecule has 0 radical (unpaired) electrons. The molecule has 0 spiro atoms. The Labute approximate surface area is 96.7 Å². The number of fused-ring (bicyclic) bond motifs is 1. The highest BCUT2D eigenvalue weighted by Crippen LogP contribution is 2.29. The number of hydrogen-bond donors (Lipinski definition) is 2. The van der Waals surface area contributed by atoms with Crippen molar-refractivity contribution in [1.82, 2.24) is 5.32 Å². The molecule has 4 heteroatoms. The summed E-state index contributed by atoms with van der Waals surface area (Å²) in [7, 11) is 0. The van der Waals surface area contributed by atoms with Crippen LogP contribution < -0.4 is 5.32 Å². The fourth-order valence-corrected chi connectivity index (χ4v) is 2.80. The van der Waals surface area contributed by atoms with E-state index in [0.29, 0.717) is 0 Å². The normalized spacial score (nSPS) is 20.9. The molecule has 1 aliphatic heterocycles. The lowest BCUT2D eigenvalue weighted by atomic mass is 9.95. The summed E-state index contributed by atoms with van der Waals surface area (Å²) < 4.78 is 1.21. The molecule has 0 bridgehead atoms. The molecular formula is C12H11NO2S. The predicted octanol–water partition coefficient (Wildman–Crippen LogP) is 2.04. The molecule has 1 unspecified atom stereocenters. The molecule has 0 aliphatic carbocycles. The molecule has 0 amide bonds. The molecule has 3 nitrogen and oxygen atoms in total. The SMILES string of the molecule is O=C(O)C(c1ccc2sccc2c1)[C@H]1CN1. The second-order valence-electron chi connectivity index (χ2n) is 4.05. The third kappa shape index (κ3) is 1.60. The Morgan fingerprint density at radius 2 is 2.31 bits per heavy atom. The smallest absolute Gasteiger partial charge is 0.312 e. The van der Waals surface area contributed by atoms with Crippen molar-refractivity contribution in [3.8, 4) is 0 Å². The Morgan fingerprint density at radius 1 is 1.50 bits per heavy atom. The summed E-state index contributed by atoms with van der Waals surface area (Å²) in [5.74, 6) is -1.16. The number of nitrogens with one attached hydrogen (secondary N) is 1. The summed E-state index contributed by atoms with van der Waals surface area (Å²) in [6.07, 6.45) is 0. The minimum Gasteiger partial charge on any atom is -0.481 e. The van der Waals surface area contributed by atoms with E-state index in [-0.39, 0.29) is 6.04 Å². The molecule has 82 valence electrons. The Balaban J connectivity index is 2.05. The third-order valence-corrected chi connectivity index (χ3v) is 3.84. The van der Waals surface area contributed by atoms with Gasteiger partial charge in [-0.05, 0) is 34.5 Å². The second kappa shape index (κ2) is 3.57. The number of thiophene rings is 1. The maximum atomic E-state index is 11.2. The van der Waals surface area contributed by atoms with E-state index in [1.807, 2.05) is 29.6 Å². The van der Waals surface area contributed by atoms with Crippen molar-refractivity contribution in [2.45, 2.75) is 12.0 Å². The van der Waals surface area contributed by atoms with Crippen LogP contribution in [0.3, 0.4) is 0 Å². The summed E-state index contributed by atoms with van der Waals surface area (Å²) in [6, 6.07) is 8.06. The number of hydrogen-bond acceptors (Lipinski definition) is 3. The van der Waals surface area contributed by atoms with E-state index >= 15 is 0 Å². The number of carbonyl (C=O) groups is 1. The van der Waals surface area contributed by atoms with Crippen molar-refractivity contribution in [2.24, 2.45) is 0 Å². The van der Waals surface area contributed by atoms with Crippen LogP contribution in [0.25, 0.3) is 10.1 Å². The zero-order valence-electron chi connectivity index (χ0n) is 8.51. The number of aliphatic carboxylic acids is 1. The molecule has 2 aromatic rings. The van der Waals surface area contributed by atoms with Gasteiger partial charge in [-0.15, -0.1) is 11.3 Å². The van der Waals surface area contributed by atoms with Crippen LogP contribution in [0.5, 0.6) is 0 Å². The average molecular weight is 233 g/mol. The van der Waals surface area contributed by atoms with Crippen LogP contribution in [-0.4, -0.2) is 23.7 Å². The molecular weight excluding hydrogens is 222 g/mol. The van der Waals surface area contributed by atoms with Crippen molar-refractivity contribution in [3.05, 3.63) is 35.2 Å². The van der Waals surface area contributed by atoms with Crippen LogP contribution in [0.1, 0.15) is 11.5 Å². The highest BCUT2D eigenvalue weighted by Gasteiger charge is 2.36. The van der Waals surface area contributed by atoms with Crippen LogP contribution in [0, 0.1) is 0 Å². The molecule has 16 heavy (non-hydrogen) atoms. The van der Waals surface area contributed by atoms with Gasteiger partial charge in [0.15, 0.2) is 0 Å². The fraction of sp³-hybridized carbons (Fsp3) is 0.250. The number of rotatable bonds is 3. The van der Waals surface area contributed by atoms with E-state index in [2.05, 4.69) is 5.32 Å². The number of carboxylic acid groups (broad SMARTS) is 1. The van der Waals surface area contributed by atoms with Gasteiger partial charge in [-0.3, -0.25) is 4.79 Å². The molecule has 1 fully saturated rings. The van der Waals surface area contributed by atoms with Gasteiger partial charge in [-0.2, -0.15) is 0 Å². The van der Waals surface area contributed by atoms with E-state index in [9.17, 15) is 9.90 Å². The monoisotopic (exact) mass is 233 g/mol. The summed E-state index contributed by atoms with van der Waals surface area (Å²) in [4.78, 5) is 11.2. The molecule has 2 atom stereocenters. The maximum absolute atomic E-state index is 11.2. The largest absolute Gasteiger partial charge is 0.481 e. The van der Waals surface area contributed by atoms with Crippen LogP contribution in [0.2, 0.25) is 0 Å². The lowest BCUT2D eigenvalue weighted by molar-refractivity contribution is -0.138. The summed E-state index contributed by atoms with van der Waals surface area (Å²) >= 11 is 1.68. The minimum atomic E-state index is -0.746. The Bertz CT molecular complexity index is 545. The topological polar surface area (TPSA) is 59.2 Å². The van der Waals surface area contributed by atoms with Crippen LogP contribution in [0.4, 0.5) is 0 Å². The Hall–Kier alpha value is -1.39. The quantitative estimate of drug-likeness (QED) is 0.797. The molecule has 1 aliphatic rings. The first-order valence-corrected chi connectivity index (χ1v) is 6.07. The lowest BCUT2D eigenvalue weighted by Crippen LogP contribution is -2.19. The standard InChI is InChI=1S/C12H11NO2S/c14-12(15)11(9-6-13-9)8-1-2-10-7(5-8)3-4-16-10/h1-5,9,11,13H,6H2,(H,14,15)/t9-,11?/m1/s1. The van der Waals surface area contributed by atoms with Crippen LogP contribution in [-0.2, 0) is 4.79 Å². The average Bonchev–Trinajstić information content (AvgIpc) is 2.96. The van der Waals surface area contributed by atoms with E-state index in [0.717, 1.165) is 17.5 Å². The van der Waals surface area contributed by atoms with Gasteiger partial charge in [0.25, 0.3) is 0 Å². The van der Waals surface area contributed by atoms with Crippen molar-refractivity contribution < 1.29 is 9.90 Å². The van der Waals surface area contributed by atoms with E-state index in [1.165, 1.54) is 4.70 Å². The first-order chi connectivity index (χ1) is 7.75. The van der Waals surface area contributed by atoms with E-state index in [4.69, 9.17) is 0 Å². The van der Waals surface area contributed by atoms with Gasteiger partial charge in [0.05, 0.1) is 5.92 Å². The zero-order valence-corrected chi connectivity index (χ0v) is 9.33. The highest BCUT2D eigenvalue weighted by atomic mass is 32.1.